The molecule has 0 radical (unpaired) electrons. The van der Waals surface area contributed by atoms with Crippen molar-refractivity contribution in [3.05, 3.63) is 39.9 Å². The van der Waals surface area contributed by atoms with E-state index in [-0.39, 0.29) is 17.6 Å². The smallest absolute Gasteiger partial charge is 0.269 e. The number of nitro groups is 1. The first-order valence-corrected chi connectivity index (χ1v) is 6.78. The molecule has 1 heterocycles. The van der Waals surface area contributed by atoms with Gasteiger partial charge in [0.2, 0.25) is 5.91 Å². The first-order chi connectivity index (χ1) is 9.54. The maximum absolute atomic E-state index is 11.1. The third-order valence-electron chi connectivity index (χ3n) is 3.53. The number of rotatable bonds is 4. The molecule has 1 fully saturated rings. The lowest BCUT2D eigenvalue weighted by Gasteiger charge is -2.30. The average Bonchev–Trinajstić information content (AvgIpc) is 2.39. The van der Waals surface area contributed by atoms with E-state index < -0.39 is 4.92 Å². The summed E-state index contributed by atoms with van der Waals surface area (Å²) >= 11 is 0. The van der Waals surface area contributed by atoms with Gasteiger partial charge in [-0.1, -0.05) is 12.1 Å². The summed E-state index contributed by atoms with van der Waals surface area (Å²) in [4.78, 5) is 21.3. The Morgan fingerprint density at radius 3 is 2.75 bits per heavy atom. The van der Waals surface area contributed by atoms with Gasteiger partial charge in [-0.2, -0.15) is 0 Å². The Hall–Kier alpha value is -1.95. The van der Waals surface area contributed by atoms with Crippen LogP contribution in [0.1, 0.15) is 25.3 Å². The first kappa shape index (κ1) is 14.5. The van der Waals surface area contributed by atoms with E-state index in [0.29, 0.717) is 6.04 Å². The van der Waals surface area contributed by atoms with Gasteiger partial charge in [0.1, 0.15) is 0 Å². The Bertz CT molecular complexity index is 487. The standard InChI is InChI=1S/C14H19N3O3/c1-10(18)16-12-6-7-15-13(9-12)8-11-2-4-14(5-3-11)17(19)20/h2-5,12-13,15H,6-9H2,1H3,(H,16,18)/t12-,13+/m0/s1. The van der Waals surface area contributed by atoms with Crippen LogP contribution in [-0.2, 0) is 11.2 Å². The summed E-state index contributed by atoms with van der Waals surface area (Å²) < 4.78 is 0. The maximum Gasteiger partial charge on any atom is 0.269 e. The highest BCUT2D eigenvalue weighted by Gasteiger charge is 2.22. The van der Waals surface area contributed by atoms with Crippen LogP contribution in [0.4, 0.5) is 5.69 Å². The second-order valence-electron chi connectivity index (χ2n) is 5.20. The first-order valence-electron chi connectivity index (χ1n) is 6.78. The molecule has 0 saturated carbocycles. The highest BCUT2D eigenvalue weighted by molar-refractivity contribution is 5.73. The number of hydrogen-bond donors (Lipinski definition) is 2. The number of nitro benzene ring substituents is 1. The van der Waals surface area contributed by atoms with E-state index in [1.54, 1.807) is 12.1 Å². The van der Waals surface area contributed by atoms with Crippen molar-refractivity contribution < 1.29 is 9.72 Å². The van der Waals surface area contributed by atoms with Gasteiger partial charge in [0, 0.05) is 31.1 Å². The molecule has 1 aromatic rings. The summed E-state index contributed by atoms with van der Waals surface area (Å²) in [5.74, 6) is 0.00554. The maximum atomic E-state index is 11.1. The molecule has 1 aromatic carbocycles. The molecule has 2 rings (SSSR count). The summed E-state index contributed by atoms with van der Waals surface area (Å²) in [6, 6.07) is 7.16. The van der Waals surface area contributed by atoms with Gasteiger partial charge < -0.3 is 10.6 Å². The topological polar surface area (TPSA) is 84.3 Å². The van der Waals surface area contributed by atoms with Crippen molar-refractivity contribution in [2.24, 2.45) is 0 Å². The van der Waals surface area contributed by atoms with E-state index in [1.807, 2.05) is 0 Å². The van der Waals surface area contributed by atoms with Crippen molar-refractivity contribution in [1.82, 2.24) is 10.6 Å². The van der Waals surface area contributed by atoms with Crippen molar-refractivity contribution >= 4 is 11.6 Å². The quantitative estimate of drug-likeness (QED) is 0.643. The number of benzene rings is 1. The van der Waals surface area contributed by atoms with Gasteiger partial charge in [0.05, 0.1) is 4.92 Å². The van der Waals surface area contributed by atoms with Crippen LogP contribution in [0.25, 0.3) is 0 Å². The van der Waals surface area contributed by atoms with Crippen LogP contribution in [-0.4, -0.2) is 29.5 Å². The molecule has 1 aliphatic heterocycles. The number of hydrogen-bond acceptors (Lipinski definition) is 4. The molecular formula is C14H19N3O3. The number of piperidine rings is 1. The normalized spacial score (nSPS) is 22.2. The number of carbonyl (C=O) groups excluding carboxylic acids is 1. The lowest BCUT2D eigenvalue weighted by molar-refractivity contribution is -0.384. The lowest BCUT2D eigenvalue weighted by Crippen LogP contribution is -2.48. The monoisotopic (exact) mass is 277 g/mol. The second-order valence-corrected chi connectivity index (χ2v) is 5.20. The molecule has 6 heteroatoms. The van der Waals surface area contributed by atoms with Gasteiger partial charge >= 0.3 is 0 Å². The molecule has 2 atom stereocenters. The van der Waals surface area contributed by atoms with Crippen LogP contribution in [0.3, 0.4) is 0 Å². The molecule has 1 amide bonds. The fourth-order valence-electron chi connectivity index (χ4n) is 2.62. The van der Waals surface area contributed by atoms with Gasteiger partial charge in [-0.25, -0.2) is 0 Å². The van der Waals surface area contributed by atoms with Crippen LogP contribution in [0.2, 0.25) is 0 Å². The summed E-state index contributed by atoms with van der Waals surface area (Å²) in [7, 11) is 0. The number of carbonyl (C=O) groups is 1. The molecule has 1 saturated heterocycles. The van der Waals surface area contributed by atoms with Gasteiger partial charge in [-0.3, -0.25) is 14.9 Å². The molecule has 0 aromatic heterocycles. The molecule has 2 N–H and O–H groups in total. The van der Waals surface area contributed by atoms with E-state index in [4.69, 9.17) is 0 Å². The Morgan fingerprint density at radius 2 is 2.15 bits per heavy atom. The zero-order chi connectivity index (χ0) is 14.5. The van der Waals surface area contributed by atoms with Crippen LogP contribution in [0.15, 0.2) is 24.3 Å². The van der Waals surface area contributed by atoms with Gasteiger partial charge in [-0.15, -0.1) is 0 Å². The van der Waals surface area contributed by atoms with E-state index in [9.17, 15) is 14.9 Å². The van der Waals surface area contributed by atoms with Gasteiger partial charge in [-0.05, 0) is 31.4 Å². The summed E-state index contributed by atoms with van der Waals surface area (Å²) in [5.41, 5.74) is 1.18. The predicted octanol–water partition coefficient (Wildman–Crippen LogP) is 1.39. The molecule has 0 bridgehead atoms. The highest BCUT2D eigenvalue weighted by atomic mass is 16.6. The molecule has 0 aliphatic carbocycles. The Kier molecular flexibility index (Phi) is 4.68. The third-order valence-corrected chi connectivity index (χ3v) is 3.53. The average molecular weight is 277 g/mol. The highest BCUT2D eigenvalue weighted by Crippen LogP contribution is 2.17. The van der Waals surface area contributed by atoms with E-state index in [0.717, 1.165) is 31.4 Å². The molecule has 1 aliphatic rings. The molecule has 108 valence electrons. The molecular weight excluding hydrogens is 258 g/mol. The minimum absolute atomic E-state index is 0.00554. The number of nitrogens with one attached hydrogen (secondary N) is 2. The largest absolute Gasteiger partial charge is 0.354 e. The summed E-state index contributed by atoms with van der Waals surface area (Å²) in [6.45, 7) is 2.41. The van der Waals surface area contributed by atoms with E-state index in [1.165, 1.54) is 19.1 Å². The van der Waals surface area contributed by atoms with Crippen LogP contribution < -0.4 is 10.6 Å². The minimum atomic E-state index is -0.393. The summed E-state index contributed by atoms with van der Waals surface area (Å²) in [5, 5.41) is 17.0. The fraction of sp³-hybridized carbons (Fsp3) is 0.500. The van der Waals surface area contributed by atoms with Crippen molar-refractivity contribution in [1.29, 1.82) is 0 Å². The SMILES string of the molecule is CC(=O)N[C@H]1CCN[C@H](Cc2ccc([N+](=O)[O-])cc2)C1. The van der Waals surface area contributed by atoms with Crippen molar-refractivity contribution in [2.45, 2.75) is 38.3 Å². The Morgan fingerprint density at radius 1 is 1.45 bits per heavy atom. The van der Waals surface area contributed by atoms with Gasteiger partial charge in [0.25, 0.3) is 5.69 Å². The minimum Gasteiger partial charge on any atom is -0.354 e. The van der Waals surface area contributed by atoms with Crippen LogP contribution >= 0.6 is 0 Å². The number of non-ortho nitro benzene ring substituents is 1. The van der Waals surface area contributed by atoms with Crippen LogP contribution in [0, 0.1) is 10.1 Å². The van der Waals surface area contributed by atoms with Crippen molar-refractivity contribution in [3.8, 4) is 0 Å². The fourth-order valence-corrected chi connectivity index (χ4v) is 2.62. The van der Waals surface area contributed by atoms with E-state index >= 15 is 0 Å². The van der Waals surface area contributed by atoms with Crippen molar-refractivity contribution in [3.63, 3.8) is 0 Å². The van der Waals surface area contributed by atoms with E-state index in [2.05, 4.69) is 10.6 Å². The van der Waals surface area contributed by atoms with Crippen LogP contribution in [0.5, 0.6) is 0 Å². The second kappa shape index (κ2) is 6.47. The third kappa shape index (κ3) is 4.03. The molecule has 0 spiro atoms. The number of amides is 1. The molecule has 6 nitrogen and oxygen atoms in total. The zero-order valence-corrected chi connectivity index (χ0v) is 11.5. The lowest BCUT2D eigenvalue weighted by atomic mass is 9.94. The van der Waals surface area contributed by atoms with Crippen molar-refractivity contribution in [2.75, 3.05) is 6.54 Å². The Balaban J connectivity index is 1.92. The van der Waals surface area contributed by atoms with Gasteiger partial charge in [0.15, 0.2) is 0 Å². The number of nitrogens with zero attached hydrogens (tertiary/aromatic N) is 1. The zero-order valence-electron chi connectivity index (χ0n) is 11.5. The molecule has 0 unspecified atom stereocenters. The predicted molar refractivity (Wildman–Crippen MR) is 75.4 cm³/mol. The molecule has 20 heavy (non-hydrogen) atoms. The Labute approximate surface area is 117 Å². The summed E-state index contributed by atoms with van der Waals surface area (Å²) in [6.07, 6.45) is 2.64.